The number of amides is 1. The molecule has 1 aromatic rings. The van der Waals surface area contributed by atoms with E-state index >= 15 is 0 Å². The summed E-state index contributed by atoms with van der Waals surface area (Å²) in [6, 6.07) is 4.68. The summed E-state index contributed by atoms with van der Waals surface area (Å²) in [6.45, 7) is 4.22. The maximum atomic E-state index is 12.3. The number of carbonyl (C=O) groups is 2. The van der Waals surface area contributed by atoms with Crippen LogP contribution in [0.25, 0.3) is 0 Å². The fourth-order valence-corrected chi connectivity index (χ4v) is 2.23. The van der Waals surface area contributed by atoms with Gasteiger partial charge >= 0.3 is 5.97 Å². The molecule has 0 radical (unpaired) electrons. The molecular formula is C14H18N2O3. The van der Waals surface area contributed by atoms with Crippen LogP contribution in [0.1, 0.15) is 29.8 Å². The van der Waals surface area contributed by atoms with Crippen molar-refractivity contribution in [2.24, 2.45) is 11.7 Å². The summed E-state index contributed by atoms with van der Waals surface area (Å²) < 4.78 is 0. The highest BCUT2D eigenvalue weighted by Gasteiger charge is 2.29. The van der Waals surface area contributed by atoms with Gasteiger partial charge in [-0.3, -0.25) is 4.79 Å². The highest BCUT2D eigenvalue weighted by Crippen LogP contribution is 2.30. The third-order valence-electron chi connectivity index (χ3n) is 3.67. The molecule has 1 aliphatic rings. The summed E-state index contributed by atoms with van der Waals surface area (Å²) in [5, 5.41) is 8.96. The van der Waals surface area contributed by atoms with Crippen LogP contribution in [0.3, 0.4) is 0 Å². The molecule has 19 heavy (non-hydrogen) atoms. The molecule has 0 saturated heterocycles. The van der Waals surface area contributed by atoms with Crippen LogP contribution in [0.4, 0.5) is 5.69 Å². The predicted molar refractivity (Wildman–Crippen MR) is 72.3 cm³/mol. The summed E-state index contributed by atoms with van der Waals surface area (Å²) in [5.41, 5.74) is 7.74. The number of carboxylic acid groups (broad SMARTS) is 1. The monoisotopic (exact) mass is 262 g/mol. The molecule has 0 aromatic heterocycles. The Morgan fingerprint density at radius 3 is 2.63 bits per heavy atom. The van der Waals surface area contributed by atoms with Gasteiger partial charge in [0.25, 0.3) is 0 Å². The summed E-state index contributed by atoms with van der Waals surface area (Å²) in [5.74, 6) is -1.20. The normalized spacial score (nSPS) is 16.9. The van der Waals surface area contributed by atoms with Gasteiger partial charge in [-0.1, -0.05) is 6.92 Å². The first-order valence-corrected chi connectivity index (χ1v) is 6.35. The van der Waals surface area contributed by atoms with Gasteiger partial charge in [-0.15, -0.1) is 0 Å². The second-order valence-electron chi connectivity index (χ2n) is 5.04. The van der Waals surface area contributed by atoms with Gasteiger partial charge in [-0.25, -0.2) is 4.79 Å². The molecule has 102 valence electrons. The zero-order valence-corrected chi connectivity index (χ0v) is 11.1. The van der Waals surface area contributed by atoms with Crippen LogP contribution < -0.4 is 10.6 Å². The number of nitrogens with two attached hydrogens (primary N) is 1. The van der Waals surface area contributed by atoms with Gasteiger partial charge in [0.15, 0.2) is 0 Å². The first-order valence-electron chi connectivity index (χ1n) is 6.35. The first-order chi connectivity index (χ1) is 8.91. The number of anilines is 1. The average Bonchev–Trinajstić information content (AvgIpc) is 2.79. The zero-order valence-electron chi connectivity index (χ0n) is 11.1. The Balaban J connectivity index is 2.28. The van der Waals surface area contributed by atoms with Gasteiger partial charge in [-0.2, -0.15) is 0 Å². The Bertz CT molecular complexity index is 525. The quantitative estimate of drug-likeness (QED) is 0.859. The average molecular weight is 262 g/mol. The van der Waals surface area contributed by atoms with Crippen LogP contribution in [-0.2, 0) is 11.2 Å². The number of nitrogens with zero attached hydrogens (tertiary/aromatic N) is 1. The number of hydrogen-bond acceptors (Lipinski definition) is 3. The van der Waals surface area contributed by atoms with Crippen LogP contribution in [0.5, 0.6) is 0 Å². The lowest BCUT2D eigenvalue weighted by Gasteiger charge is -2.23. The minimum Gasteiger partial charge on any atom is -0.478 e. The van der Waals surface area contributed by atoms with E-state index in [2.05, 4.69) is 0 Å². The van der Waals surface area contributed by atoms with Gasteiger partial charge in [-0.05, 0) is 37.1 Å². The molecule has 3 N–H and O–H groups in total. The van der Waals surface area contributed by atoms with Crippen LogP contribution >= 0.6 is 0 Å². The molecule has 5 nitrogen and oxygen atoms in total. The van der Waals surface area contributed by atoms with Crippen LogP contribution in [0.2, 0.25) is 0 Å². The van der Waals surface area contributed by atoms with Crippen molar-refractivity contribution in [3.8, 4) is 0 Å². The van der Waals surface area contributed by atoms with Crippen LogP contribution in [0, 0.1) is 5.92 Å². The smallest absolute Gasteiger partial charge is 0.335 e. The van der Waals surface area contributed by atoms with Crippen molar-refractivity contribution in [1.82, 2.24) is 0 Å². The van der Waals surface area contributed by atoms with Crippen molar-refractivity contribution in [2.75, 3.05) is 11.4 Å². The lowest BCUT2D eigenvalue weighted by molar-refractivity contribution is -0.122. The Hall–Kier alpha value is -1.88. The van der Waals surface area contributed by atoms with E-state index < -0.39 is 5.97 Å². The number of aromatic carboxylic acids is 1. The van der Waals surface area contributed by atoms with Crippen molar-refractivity contribution in [2.45, 2.75) is 26.3 Å². The van der Waals surface area contributed by atoms with Crippen molar-refractivity contribution in [3.05, 3.63) is 29.3 Å². The SMILES string of the molecule is CC(N)C(C)C(=O)N1CCc2cc(C(=O)O)ccc21. The second-order valence-corrected chi connectivity index (χ2v) is 5.04. The third kappa shape index (κ3) is 2.46. The van der Waals surface area contributed by atoms with E-state index in [1.807, 2.05) is 13.8 Å². The number of benzene rings is 1. The Labute approximate surface area is 112 Å². The number of hydrogen-bond donors (Lipinski definition) is 2. The lowest BCUT2D eigenvalue weighted by Crippen LogP contribution is -2.41. The molecule has 1 aromatic carbocycles. The van der Waals surface area contributed by atoms with E-state index in [9.17, 15) is 9.59 Å². The molecule has 2 unspecified atom stereocenters. The largest absolute Gasteiger partial charge is 0.478 e. The number of fused-ring (bicyclic) bond motifs is 1. The van der Waals surface area contributed by atoms with E-state index in [1.54, 1.807) is 17.0 Å². The predicted octanol–water partition coefficient (Wildman–Crippen LogP) is 1.26. The van der Waals surface area contributed by atoms with Gasteiger partial charge in [0, 0.05) is 18.3 Å². The van der Waals surface area contributed by atoms with Crippen molar-refractivity contribution in [3.63, 3.8) is 0 Å². The minimum absolute atomic E-state index is 0.00294. The maximum absolute atomic E-state index is 12.3. The number of carboxylic acids is 1. The van der Waals surface area contributed by atoms with Gasteiger partial charge in [0.05, 0.1) is 11.5 Å². The summed E-state index contributed by atoms with van der Waals surface area (Å²) in [7, 11) is 0. The number of carbonyl (C=O) groups excluding carboxylic acids is 1. The molecule has 2 rings (SSSR count). The van der Waals surface area contributed by atoms with E-state index in [-0.39, 0.29) is 23.4 Å². The van der Waals surface area contributed by atoms with E-state index in [4.69, 9.17) is 10.8 Å². The summed E-state index contributed by atoms with van der Waals surface area (Å²) in [4.78, 5) is 24.9. The van der Waals surface area contributed by atoms with Crippen molar-refractivity contribution < 1.29 is 14.7 Å². The van der Waals surface area contributed by atoms with E-state index in [1.165, 1.54) is 6.07 Å². The molecule has 0 spiro atoms. The van der Waals surface area contributed by atoms with Crippen molar-refractivity contribution >= 4 is 17.6 Å². The van der Waals surface area contributed by atoms with E-state index in [0.29, 0.717) is 13.0 Å². The molecule has 1 amide bonds. The highest BCUT2D eigenvalue weighted by molar-refractivity contribution is 5.98. The Morgan fingerprint density at radius 1 is 1.37 bits per heavy atom. The topological polar surface area (TPSA) is 83.6 Å². The summed E-state index contributed by atoms with van der Waals surface area (Å²) >= 11 is 0. The van der Waals surface area contributed by atoms with Gasteiger partial charge < -0.3 is 15.7 Å². The molecule has 0 saturated carbocycles. The molecule has 0 fully saturated rings. The molecule has 1 heterocycles. The molecule has 0 bridgehead atoms. The molecule has 1 aliphatic heterocycles. The third-order valence-corrected chi connectivity index (χ3v) is 3.67. The molecular weight excluding hydrogens is 244 g/mol. The van der Waals surface area contributed by atoms with Gasteiger partial charge in [0.1, 0.15) is 0 Å². The molecule has 2 atom stereocenters. The van der Waals surface area contributed by atoms with Gasteiger partial charge in [0.2, 0.25) is 5.91 Å². The van der Waals surface area contributed by atoms with E-state index in [0.717, 1.165) is 11.3 Å². The fraction of sp³-hybridized carbons (Fsp3) is 0.429. The van der Waals surface area contributed by atoms with Crippen molar-refractivity contribution in [1.29, 1.82) is 0 Å². The lowest BCUT2D eigenvalue weighted by atomic mass is 10.0. The van der Waals surface area contributed by atoms with Crippen LogP contribution in [0.15, 0.2) is 18.2 Å². The standard InChI is InChI=1S/C14H18N2O3/c1-8(9(2)15)13(17)16-6-5-10-7-11(14(18)19)3-4-12(10)16/h3-4,7-9H,5-6,15H2,1-2H3,(H,18,19). The molecule has 5 heteroatoms. The Morgan fingerprint density at radius 2 is 2.05 bits per heavy atom. The first kappa shape index (κ1) is 13.5. The molecule has 0 aliphatic carbocycles. The Kier molecular flexibility index (Phi) is 3.57. The van der Waals surface area contributed by atoms with Crippen LogP contribution in [-0.4, -0.2) is 29.6 Å². The zero-order chi connectivity index (χ0) is 14.2. The number of rotatable bonds is 3. The fourth-order valence-electron chi connectivity index (χ4n) is 2.23. The second kappa shape index (κ2) is 5.01. The minimum atomic E-state index is -0.948. The maximum Gasteiger partial charge on any atom is 0.335 e. The summed E-state index contributed by atoms with van der Waals surface area (Å²) in [6.07, 6.45) is 0.688. The highest BCUT2D eigenvalue weighted by atomic mass is 16.4.